The summed E-state index contributed by atoms with van der Waals surface area (Å²) >= 11 is 0. The van der Waals surface area contributed by atoms with Crippen molar-refractivity contribution < 1.29 is 4.74 Å². The Hall–Kier alpha value is -3.98. The second-order valence-corrected chi connectivity index (χ2v) is 6.00. The van der Waals surface area contributed by atoms with Crippen molar-refractivity contribution in [2.24, 2.45) is 15.3 Å². The lowest BCUT2D eigenvalue weighted by molar-refractivity contribution is 0.415. The molecule has 0 aromatic heterocycles. The maximum Gasteiger partial charge on any atom is 0.201 e. The van der Waals surface area contributed by atoms with Gasteiger partial charge in [-0.2, -0.15) is 10.4 Å². The molecule has 0 unspecified atom stereocenters. The molecule has 6 heteroatoms. The van der Waals surface area contributed by atoms with E-state index in [1.807, 2.05) is 55.5 Å². The van der Waals surface area contributed by atoms with Crippen molar-refractivity contribution in [2.75, 3.05) is 12.5 Å². The number of amidine groups is 1. The van der Waals surface area contributed by atoms with E-state index in [4.69, 9.17) is 10.00 Å². The monoisotopic (exact) mass is 369 g/mol. The normalized spacial score (nSPS) is 11.2. The molecule has 0 aliphatic heterocycles. The number of hydrazone groups is 1. The predicted octanol–water partition coefficient (Wildman–Crippen LogP) is 5.43. The van der Waals surface area contributed by atoms with E-state index < -0.39 is 0 Å². The quantitative estimate of drug-likeness (QED) is 0.282. The Labute approximate surface area is 163 Å². The van der Waals surface area contributed by atoms with Crippen LogP contribution in [0.15, 0.2) is 88.1 Å². The summed E-state index contributed by atoms with van der Waals surface area (Å²) in [6.07, 6.45) is 0. The highest BCUT2D eigenvalue weighted by atomic mass is 16.5. The number of nitrogens with zero attached hydrogens (tertiary/aromatic N) is 4. The molecule has 0 radical (unpaired) electrons. The number of nitriles is 1. The highest BCUT2D eigenvalue weighted by Crippen LogP contribution is 2.17. The Kier molecular flexibility index (Phi) is 6.11. The fourth-order valence-electron chi connectivity index (χ4n) is 2.34. The smallest absolute Gasteiger partial charge is 0.201 e. The van der Waals surface area contributed by atoms with Crippen LogP contribution in [0, 0.1) is 18.3 Å². The third-order valence-electron chi connectivity index (χ3n) is 3.95. The third kappa shape index (κ3) is 5.02. The molecule has 3 aromatic carbocycles. The van der Waals surface area contributed by atoms with Crippen LogP contribution in [0.5, 0.6) is 5.75 Å². The molecule has 6 nitrogen and oxygen atoms in total. The average Bonchev–Trinajstić information content (AvgIpc) is 2.75. The van der Waals surface area contributed by atoms with Crippen LogP contribution < -0.4 is 10.2 Å². The van der Waals surface area contributed by atoms with Gasteiger partial charge >= 0.3 is 0 Å². The molecule has 0 heterocycles. The van der Waals surface area contributed by atoms with E-state index in [1.165, 1.54) is 0 Å². The molecule has 0 amide bonds. The molecule has 0 aliphatic rings. The van der Waals surface area contributed by atoms with E-state index >= 15 is 0 Å². The molecule has 0 saturated carbocycles. The Morgan fingerprint density at radius 3 is 2.21 bits per heavy atom. The molecular weight excluding hydrogens is 350 g/mol. The van der Waals surface area contributed by atoms with Gasteiger partial charge < -0.3 is 4.74 Å². The summed E-state index contributed by atoms with van der Waals surface area (Å²) in [6.45, 7) is 2.02. The van der Waals surface area contributed by atoms with E-state index in [9.17, 15) is 0 Å². The van der Waals surface area contributed by atoms with Crippen molar-refractivity contribution in [2.45, 2.75) is 6.92 Å². The molecule has 3 rings (SSSR count). The molecule has 3 aromatic rings. The maximum absolute atomic E-state index is 8.90. The highest BCUT2D eigenvalue weighted by molar-refractivity contribution is 5.99. The number of methoxy groups -OCH3 is 1. The second kappa shape index (κ2) is 9.10. The summed E-state index contributed by atoms with van der Waals surface area (Å²) in [5.41, 5.74) is 6.98. The minimum atomic E-state index is 0.424. The van der Waals surface area contributed by atoms with Crippen LogP contribution in [0.2, 0.25) is 0 Å². The number of ether oxygens (including phenoxy) is 1. The van der Waals surface area contributed by atoms with Gasteiger partial charge in [-0.3, -0.25) is 5.43 Å². The van der Waals surface area contributed by atoms with Crippen molar-refractivity contribution >= 4 is 17.2 Å². The zero-order valence-electron chi connectivity index (χ0n) is 15.6. The summed E-state index contributed by atoms with van der Waals surface area (Å²) in [5.74, 6) is 1.17. The molecule has 0 fully saturated rings. The lowest BCUT2D eigenvalue weighted by Crippen LogP contribution is -2.01. The first-order valence-corrected chi connectivity index (χ1v) is 8.64. The summed E-state index contributed by atoms with van der Waals surface area (Å²) in [4.78, 5) is 0. The van der Waals surface area contributed by atoms with Crippen molar-refractivity contribution in [1.29, 1.82) is 5.26 Å². The van der Waals surface area contributed by atoms with E-state index in [0.717, 1.165) is 28.3 Å². The van der Waals surface area contributed by atoms with Crippen LogP contribution in [0.1, 0.15) is 16.7 Å². The minimum absolute atomic E-state index is 0.424. The van der Waals surface area contributed by atoms with Crippen LogP contribution >= 0.6 is 0 Å². The first kappa shape index (κ1) is 18.8. The van der Waals surface area contributed by atoms with Gasteiger partial charge in [-0.1, -0.05) is 17.7 Å². The SMILES string of the molecule is COc1ccc(/C(N=Nc2ccc(C)cc2)=N/Nc2ccc(C#N)cc2)cc1. The van der Waals surface area contributed by atoms with Crippen LogP contribution in [-0.2, 0) is 0 Å². The standard InChI is InChI=1S/C22H19N5O/c1-16-3-9-19(10-4-16)24-26-22(18-7-13-21(28-2)14-8-18)27-25-20-11-5-17(15-23)6-12-20/h3-14,25H,1-2H3/b26-24?,27-22-. The fraction of sp³-hybridized carbons (Fsp3) is 0.0909. The largest absolute Gasteiger partial charge is 0.497 e. The highest BCUT2D eigenvalue weighted by Gasteiger charge is 2.04. The maximum atomic E-state index is 8.90. The molecule has 0 atom stereocenters. The van der Waals surface area contributed by atoms with Crippen molar-refractivity contribution in [3.05, 3.63) is 89.5 Å². The predicted molar refractivity (Wildman–Crippen MR) is 110 cm³/mol. The van der Waals surface area contributed by atoms with Crippen LogP contribution in [0.4, 0.5) is 11.4 Å². The Morgan fingerprint density at radius 1 is 0.929 bits per heavy atom. The topological polar surface area (TPSA) is 82.1 Å². The van der Waals surface area contributed by atoms with Crippen LogP contribution in [0.3, 0.4) is 0 Å². The number of hydrogen-bond acceptors (Lipinski definition) is 5. The van der Waals surface area contributed by atoms with Crippen molar-refractivity contribution in [3.8, 4) is 11.8 Å². The number of azo groups is 1. The van der Waals surface area contributed by atoms with Gasteiger partial charge in [0.05, 0.1) is 30.1 Å². The van der Waals surface area contributed by atoms with Crippen molar-refractivity contribution in [1.82, 2.24) is 0 Å². The van der Waals surface area contributed by atoms with Crippen LogP contribution in [-0.4, -0.2) is 12.9 Å². The second-order valence-electron chi connectivity index (χ2n) is 6.00. The molecule has 0 spiro atoms. The van der Waals surface area contributed by atoms with Gasteiger partial charge in [0.25, 0.3) is 0 Å². The zero-order chi connectivity index (χ0) is 19.8. The lowest BCUT2D eigenvalue weighted by Gasteiger charge is -2.05. The van der Waals surface area contributed by atoms with Gasteiger partial charge in [0.15, 0.2) is 0 Å². The van der Waals surface area contributed by atoms with E-state index in [0.29, 0.717) is 11.4 Å². The molecule has 138 valence electrons. The lowest BCUT2D eigenvalue weighted by atomic mass is 10.2. The molecule has 0 saturated heterocycles. The van der Waals surface area contributed by atoms with E-state index in [2.05, 4.69) is 26.8 Å². The number of rotatable bonds is 5. The first-order chi connectivity index (χ1) is 13.7. The number of nitrogens with one attached hydrogen (secondary N) is 1. The van der Waals surface area contributed by atoms with Gasteiger partial charge in [-0.05, 0) is 67.6 Å². The third-order valence-corrected chi connectivity index (χ3v) is 3.95. The van der Waals surface area contributed by atoms with E-state index in [1.54, 1.807) is 31.4 Å². The zero-order valence-corrected chi connectivity index (χ0v) is 15.6. The molecule has 28 heavy (non-hydrogen) atoms. The number of benzene rings is 3. The molecular formula is C22H19N5O. The summed E-state index contributed by atoms with van der Waals surface area (Å²) in [5, 5.41) is 21.9. The Morgan fingerprint density at radius 2 is 1.61 bits per heavy atom. The Bertz CT molecular complexity index is 1010. The van der Waals surface area contributed by atoms with Crippen molar-refractivity contribution in [3.63, 3.8) is 0 Å². The molecule has 0 bridgehead atoms. The van der Waals surface area contributed by atoms with Gasteiger partial charge in [-0.25, -0.2) is 0 Å². The fourth-order valence-corrected chi connectivity index (χ4v) is 2.34. The van der Waals surface area contributed by atoms with Gasteiger partial charge in [0, 0.05) is 5.56 Å². The molecule has 1 N–H and O–H groups in total. The Balaban J connectivity index is 1.87. The van der Waals surface area contributed by atoms with Gasteiger partial charge in [0.2, 0.25) is 5.84 Å². The van der Waals surface area contributed by atoms with Crippen LogP contribution in [0.25, 0.3) is 0 Å². The number of hydrogen-bond donors (Lipinski definition) is 1. The summed E-state index contributed by atoms with van der Waals surface area (Å²) in [7, 11) is 1.62. The minimum Gasteiger partial charge on any atom is -0.497 e. The van der Waals surface area contributed by atoms with Gasteiger partial charge in [0.1, 0.15) is 5.75 Å². The molecule has 0 aliphatic carbocycles. The average molecular weight is 369 g/mol. The number of aryl methyl sites for hydroxylation is 1. The summed E-state index contributed by atoms with van der Waals surface area (Å²) < 4.78 is 5.20. The summed E-state index contributed by atoms with van der Waals surface area (Å²) in [6, 6.07) is 24.3. The number of anilines is 1. The van der Waals surface area contributed by atoms with Gasteiger partial charge in [-0.15, -0.1) is 10.2 Å². The van der Waals surface area contributed by atoms with E-state index in [-0.39, 0.29) is 0 Å². The first-order valence-electron chi connectivity index (χ1n) is 8.64.